The maximum Gasteiger partial charge on any atom is 0.419 e. The number of furan rings is 1. The summed E-state index contributed by atoms with van der Waals surface area (Å²) in [6.45, 7) is 2.71. The number of fused-ring (bicyclic) bond motifs is 1. The van der Waals surface area contributed by atoms with E-state index in [1.807, 2.05) is 42.5 Å². The van der Waals surface area contributed by atoms with E-state index < -0.39 is 11.7 Å². The minimum atomic E-state index is -4.56. The van der Waals surface area contributed by atoms with Gasteiger partial charge in [-0.3, -0.25) is 9.78 Å². The van der Waals surface area contributed by atoms with Gasteiger partial charge in [0.25, 0.3) is 5.91 Å². The quantitative estimate of drug-likeness (QED) is 0.225. The van der Waals surface area contributed by atoms with Crippen molar-refractivity contribution in [1.82, 2.24) is 10.3 Å². The van der Waals surface area contributed by atoms with Crippen LogP contribution in [-0.2, 0) is 12.8 Å². The molecule has 1 saturated heterocycles. The summed E-state index contributed by atoms with van der Waals surface area (Å²) in [5, 5.41) is 8.01. The van der Waals surface area contributed by atoms with Gasteiger partial charge in [0.2, 0.25) is 0 Å². The Morgan fingerprint density at radius 2 is 1.81 bits per heavy atom. The number of amides is 1. The molecule has 7 nitrogen and oxygen atoms in total. The first-order valence-electron chi connectivity index (χ1n) is 13.5. The number of rotatable bonds is 7. The first-order valence-corrected chi connectivity index (χ1v) is 13.5. The molecule has 5 aromatic rings. The predicted molar refractivity (Wildman–Crippen MR) is 155 cm³/mol. The number of carbonyl (C=O) groups is 1. The highest BCUT2D eigenvalue weighted by Crippen LogP contribution is 2.39. The Labute approximate surface area is 239 Å². The van der Waals surface area contributed by atoms with E-state index in [9.17, 15) is 18.0 Å². The van der Waals surface area contributed by atoms with Crippen molar-refractivity contribution in [3.8, 4) is 16.9 Å². The van der Waals surface area contributed by atoms with Crippen LogP contribution in [0.5, 0.6) is 5.75 Å². The molecular weight excluding hydrogens is 545 g/mol. The molecular formula is C32H27F3N4O3. The fraction of sp³-hybridized carbons (Fsp3) is 0.188. The summed E-state index contributed by atoms with van der Waals surface area (Å²) in [5.41, 5.74) is 2.73. The molecule has 1 fully saturated rings. The topological polar surface area (TPSA) is 79.6 Å². The van der Waals surface area contributed by atoms with E-state index in [-0.39, 0.29) is 18.3 Å². The molecule has 0 bridgehead atoms. The molecule has 1 aliphatic rings. The number of hydrogen-bond acceptors (Lipinski definition) is 6. The van der Waals surface area contributed by atoms with Gasteiger partial charge in [0.15, 0.2) is 0 Å². The van der Waals surface area contributed by atoms with Gasteiger partial charge in [-0.05, 0) is 52.9 Å². The SMILES string of the molecule is O=C(Nc1cc(-c2ccoc2)c(COc2ccccc2C(F)(F)F)cc1N1CCNCC1)c1nccc2ccccc12. The second-order valence-corrected chi connectivity index (χ2v) is 9.89. The molecule has 0 saturated carbocycles. The lowest BCUT2D eigenvalue weighted by molar-refractivity contribution is -0.139. The maximum absolute atomic E-state index is 13.6. The highest BCUT2D eigenvalue weighted by molar-refractivity contribution is 6.12. The maximum atomic E-state index is 13.6. The summed E-state index contributed by atoms with van der Waals surface area (Å²) >= 11 is 0. The number of aromatic nitrogens is 1. The molecule has 2 aromatic heterocycles. The van der Waals surface area contributed by atoms with E-state index in [0.717, 1.165) is 35.6 Å². The van der Waals surface area contributed by atoms with Gasteiger partial charge in [0, 0.05) is 43.3 Å². The van der Waals surface area contributed by atoms with Gasteiger partial charge < -0.3 is 24.7 Å². The Morgan fingerprint density at radius 3 is 2.60 bits per heavy atom. The third kappa shape index (κ3) is 5.66. The number of hydrogen-bond donors (Lipinski definition) is 2. The largest absolute Gasteiger partial charge is 0.488 e. The van der Waals surface area contributed by atoms with Crippen molar-refractivity contribution in [2.75, 3.05) is 36.4 Å². The molecule has 2 N–H and O–H groups in total. The summed E-state index contributed by atoms with van der Waals surface area (Å²) < 4.78 is 52.1. The van der Waals surface area contributed by atoms with E-state index in [4.69, 9.17) is 9.15 Å². The van der Waals surface area contributed by atoms with Crippen molar-refractivity contribution in [1.29, 1.82) is 0 Å². The van der Waals surface area contributed by atoms with Crippen molar-refractivity contribution in [2.24, 2.45) is 0 Å². The minimum absolute atomic E-state index is 0.133. The van der Waals surface area contributed by atoms with Crippen LogP contribution in [0.2, 0.25) is 0 Å². The average Bonchev–Trinajstić information content (AvgIpc) is 3.55. The lowest BCUT2D eigenvalue weighted by Gasteiger charge is -2.32. The molecule has 1 amide bonds. The Balaban J connectivity index is 1.41. The molecule has 0 atom stereocenters. The predicted octanol–water partition coefficient (Wildman–Crippen LogP) is 6.75. The van der Waals surface area contributed by atoms with Crippen LogP contribution in [0.3, 0.4) is 0 Å². The minimum Gasteiger partial charge on any atom is -0.488 e. The molecule has 3 aromatic carbocycles. The number of nitrogens with zero attached hydrogens (tertiary/aromatic N) is 2. The lowest BCUT2D eigenvalue weighted by Crippen LogP contribution is -2.44. The Bertz CT molecular complexity index is 1710. The molecule has 42 heavy (non-hydrogen) atoms. The number of pyridine rings is 1. The number of nitrogens with one attached hydrogen (secondary N) is 2. The fourth-order valence-electron chi connectivity index (χ4n) is 5.17. The Morgan fingerprint density at radius 1 is 1.02 bits per heavy atom. The Kier molecular flexibility index (Phi) is 7.54. The number of ether oxygens (including phenoxy) is 1. The standard InChI is InChI=1S/C32H27F3N4O3/c33-32(34,35)26-7-3-4-8-29(26)42-20-23-17-28(39-14-12-36-13-15-39)27(18-25(23)22-10-16-41-19-22)38-31(40)30-24-6-2-1-5-21(24)9-11-37-30/h1-11,16-19,36H,12-15,20H2,(H,38,40). The highest BCUT2D eigenvalue weighted by Gasteiger charge is 2.34. The normalized spacial score (nSPS) is 13.7. The molecule has 0 radical (unpaired) electrons. The molecule has 214 valence electrons. The van der Waals surface area contributed by atoms with Gasteiger partial charge >= 0.3 is 6.18 Å². The molecule has 10 heteroatoms. The van der Waals surface area contributed by atoms with Gasteiger partial charge in [-0.1, -0.05) is 36.4 Å². The zero-order valence-corrected chi connectivity index (χ0v) is 22.4. The summed E-state index contributed by atoms with van der Waals surface area (Å²) in [6.07, 6.45) is 0.108. The van der Waals surface area contributed by atoms with Crippen LogP contribution in [0.15, 0.2) is 95.9 Å². The zero-order valence-electron chi connectivity index (χ0n) is 22.4. The number of halogens is 3. The second-order valence-electron chi connectivity index (χ2n) is 9.89. The van der Waals surface area contributed by atoms with Crippen LogP contribution in [-0.4, -0.2) is 37.1 Å². The smallest absolute Gasteiger partial charge is 0.419 e. The monoisotopic (exact) mass is 572 g/mol. The fourth-order valence-corrected chi connectivity index (χ4v) is 5.17. The average molecular weight is 573 g/mol. The van der Waals surface area contributed by atoms with Crippen molar-refractivity contribution in [3.63, 3.8) is 0 Å². The number of alkyl halides is 3. The first kappa shape index (κ1) is 27.3. The van der Waals surface area contributed by atoms with Crippen LogP contribution >= 0.6 is 0 Å². The number of para-hydroxylation sites is 1. The number of benzene rings is 3. The summed E-state index contributed by atoms with van der Waals surface area (Å²) in [7, 11) is 0. The van der Waals surface area contributed by atoms with Crippen LogP contribution in [0.25, 0.3) is 21.9 Å². The van der Waals surface area contributed by atoms with E-state index in [1.54, 1.807) is 18.5 Å². The van der Waals surface area contributed by atoms with Crippen molar-refractivity contribution in [2.45, 2.75) is 12.8 Å². The Hall–Kier alpha value is -4.83. The summed E-state index contributed by atoms with van der Waals surface area (Å²) in [5.74, 6) is -0.629. The second kappa shape index (κ2) is 11.6. The molecule has 3 heterocycles. The lowest BCUT2D eigenvalue weighted by atomic mass is 9.99. The van der Waals surface area contributed by atoms with Crippen LogP contribution in [0, 0.1) is 0 Å². The van der Waals surface area contributed by atoms with Crippen LogP contribution in [0.4, 0.5) is 24.5 Å². The third-order valence-electron chi connectivity index (χ3n) is 7.22. The van der Waals surface area contributed by atoms with Crippen LogP contribution < -0.4 is 20.3 Å². The van der Waals surface area contributed by atoms with Crippen molar-refractivity contribution >= 4 is 28.1 Å². The van der Waals surface area contributed by atoms with E-state index in [2.05, 4.69) is 20.5 Å². The van der Waals surface area contributed by atoms with Gasteiger partial charge in [0.1, 0.15) is 18.1 Å². The van der Waals surface area contributed by atoms with Gasteiger partial charge in [-0.25, -0.2) is 0 Å². The number of anilines is 2. The van der Waals surface area contributed by atoms with Gasteiger partial charge in [-0.15, -0.1) is 0 Å². The summed E-state index contributed by atoms with van der Waals surface area (Å²) in [6, 6.07) is 20.0. The molecule has 6 rings (SSSR count). The highest BCUT2D eigenvalue weighted by atomic mass is 19.4. The third-order valence-corrected chi connectivity index (χ3v) is 7.22. The summed E-state index contributed by atoms with van der Waals surface area (Å²) in [4.78, 5) is 20.1. The molecule has 0 spiro atoms. The van der Waals surface area contributed by atoms with Crippen molar-refractivity contribution in [3.05, 3.63) is 108 Å². The van der Waals surface area contributed by atoms with Crippen LogP contribution in [0.1, 0.15) is 21.6 Å². The van der Waals surface area contributed by atoms with E-state index in [0.29, 0.717) is 41.2 Å². The number of piperazine rings is 1. The molecule has 0 unspecified atom stereocenters. The zero-order chi connectivity index (χ0) is 29.1. The van der Waals surface area contributed by atoms with E-state index in [1.165, 1.54) is 24.5 Å². The van der Waals surface area contributed by atoms with Gasteiger partial charge in [0.05, 0.1) is 29.5 Å². The van der Waals surface area contributed by atoms with Crippen molar-refractivity contribution < 1.29 is 27.1 Å². The van der Waals surface area contributed by atoms with E-state index >= 15 is 0 Å². The first-order chi connectivity index (χ1) is 20.4. The number of carbonyl (C=O) groups excluding carboxylic acids is 1. The van der Waals surface area contributed by atoms with Gasteiger partial charge in [-0.2, -0.15) is 13.2 Å². The molecule has 0 aliphatic carbocycles. The molecule has 1 aliphatic heterocycles.